The first-order chi connectivity index (χ1) is 8.89. The van der Waals surface area contributed by atoms with Crippen LogP contribution in [0.5, 0.6) is 0 Å². The lowest BCUT2D eigenvalue weighted by atomic mass is 10.1. The van der Waals surface area contributed by atoms with Gasteiger partial charge in [0.25, 0.3) is 0 Å². The summed E-state index contributed by atoms with van der Waals surface area (Å²) in [5.41, 5.74) is 0. The van der Waals surface area contributed by atoms with E-state index in [-0.39, 0.29) is 12.0 Å². The van der Waals surface area contributed by atoms with Crippen molar-refractivity contribution in [3.05, 3.63) is 11.7 Å². The Morgan fingerprint density at radius 1 is 1.32 bits per heavy atom. The minimum absolute atomic E-state index is 0.152. The van der Waals surface area contributed by atoms with Crippen LogP contribution in [0.4, 0.5) is 0 Å². The number of rotatable bonds is 3. The minimum atomic E-state index is -3.25. The number of sulfonamides is 1. The van der Waals surface area contributed by atoms with E-state index < -0.39 is 10.0 Å². The molecular weight excluding hydrogens is 266 g/mol. The Balaban J connectivity index is 2.31. The average molecular weight is 287 g/mol. The smallest absolute Gasteiger partial charge is 0.229 e. The molecular formula is C12H21N3O3S. The highest BCUT2D eigenvalue weighted by atomic mass is 32.2. The van der Waals surface area contributed by atoms with Crippen LogP contribution in [0.1, 0.15) is 63.2 Å². The summed E-state index contributed by atoms with van der Waals surface area (Å²) < 4.78 is 30.5. The van der Waals surface area contributed by atoms with Crippen LogP contribution in [0.25, 0.3) is 0 Å². The average Bonchev–Trinajstić information content (AvgIpc) is 2.65. The van der Waals surface area contributed by atoms with Gasteiger partial charge in [-0.2, -0.15) is 9.29 Å². The topological polar surface area (TPSA) is 76.3 Å². The van der Waals surface area contributed by atoms with E-state index in [9.17, 15) is 8.42 Å². The van der Waals surface area contributed by atoms with E-state index in [2.05, 4.69) is 10.1 Å². The molecule has 6 nitrogen and oxygen atoms in total. The van der Waals surface area contributed by atoms with Crippen LogP contribution in [0.2, 0.25) is 0 Å². The van der Waals surface area contributed by atoms with E-state index >= 15 is 0 Å². The first-order valence-corrected chi connectivity index (χ1v) is 8.54. The van der Waals surface area contributed by atoms with Gasteiger partial charge in [-0.1, -0.05) is 31.8 Å². The summed E-state index contributed by atoms with van der Waals surface area (Å²) in [4.78, 5) is 4.35. The van der Waals surface area contributed by atoms with E-state index in [1.54, 1.807) is 0 Å². The van der Waals surface area contributed by atoms with Crippen LogP contribution in [0.15, 0.2) is 4.52 Å². The molecule has 1 aromatic rings. The van der Waals surface area contributed by atoms with Gasteiger partial charge in [0.1, 0.15) is 0 Å². The molecule has 1 unspecified atom stereocenters. The molecule has 1 aliphatic heterocycles. The van der Waals surface area contributed by atoms with Crippen LogP contribution >= 0.6 is 0 Å². The largest absolute Gasteiger partial charge is 0.339 e. The van der Waals surface area contributed by atoms with Crippen molar-refractivity contribution in [1.82, 2.24) is 14.4 Å². The molecule has 2 heterocycles. The highest BCUT2D eigenvalue weighted by Crippen LogP contribution is 2.30. The lowest BCUT2D eigenvalue weighted by Crippen LogP contribution is -2.34. The van der Waals surface area contributed by atoms with E-state index in [4.69, 9.17) is 4.52 Å². The summed E-state index contributed by atoms with van der Waals surface area (Å²) in [5.74, 6) is 1.21. The number of hydrogen-bond donors (Lipinski definition) is 0. The Bertz CT molecular complexity index is 524. The summed E-state index contributed by atoms with van der Waals surface area (Å²) in [6.07, 6.45) is 4.91. The van der Waals surface area contributed by atoms with Crippen molar-refractivity contribution >= 4 is 10.0 Å². The summed E-state index contributed by atoms with van der Waals surface area (Å²) >= 11 is 0. The Morgan fingerprint density at radius 3 is 2.63 bits per heavy atom. The minimum Gasteiger partial charge on any atom is -0.339 e. The van der Waals surface area contributed by atoms with Gasteiger partial charge < -0.3 is 4.52 Å². The summed E-state index contributed by atoms with van der Waals surface area (Å²) in [6.45, 7) is 4.48. The molecule has 1 aromatic heterocycles. The molecule has 0 aromatic carbocycles. The zero-order chi connectivity index (χ0) is 14.0. The Hall–Kier alpha value is -0.950. The van der Waals surface area contributed by atoms with Crippen LogP contribution in [-0.4, -0.2) is 35.7 Å². The molecule has 7 heteroatoms. The van der Waals surface area contributed by atoms with Gasteiger partial charge in [-0.3, -0.25) is 0 Å². The SMILES string of the molecule is CC(C)c1nc(C2CCCCCN2S(C)(=O)=O)no1. The molecule has 1 saturated heterocycles. The Labute approximate surface area is 114 Å². The molecule has 1 fully saturated rings. The molecule has 0 amide bonds. The van der Waals surface area contributed by atoms with Gasteiger partial charge in [-0.05, 0) is 12.8 Å². The van der Waals surface area contributed by atoms with Crippen LogP contribution < -0.4 is 0 Å². The Kier molecular flexibility index (Phi) is 4.25. The van der Waals surface area contributed by atoms with Crippen molar-refractivity contribution in [2.75, 3.05) is 12.8 Å². The Morgan fingerprint density at radius 2 is 2.05 bits per heavy atom. The normalized spacial score (nSPS) is 22.6. The van der Waals surface area contributed by atoms with Gasteiger partial charge in [-0.15, -0.1) is 0 Å². The standard InChI is InChI=1S/C12H21N3O3S/c1-9(2)12-13-11(14-18-12)10-7-5-4-6-8-15(10)19(3,16)17/h9-10H,4-8H2,1-3H3. The fourth-order valence-electron chi connectivity index (χ4n) is 2.35. The molecule has 0 aliphatic carbocycles. The third kappa shape index (κ3) is 3.33. The number of aromatic nitrogens is 2. The fraction of sp³-hybridized carbons (Fsp3) is 0.833. The quantitative estimate of drug-likeness (QED) is 0.850. The van der Waals surface area contributed by atoms with Crippen molar-refractivity contribution < 1.29 is 12.9 Å². The van der Waals surface area contributed by atoms with Crippen LogP contribution in [0, 0.1) is 0 Å². The van der Waals surface area contributed by atoms with Crippen molar-refractivity contribution in [2.45, 2.75) is 51.5 Å². The van der Waals surface area contributed by atoms with E-state index in [0.717, 1.165) is 25.7 Å². The molecule has 1 aliphatic rings. The molecule has 0 spiro atoms. The highest BCUT2D eigenvalue weighted by molar-refractivity contribution is 7.88. The van der Waals surface area contributed by atoms with Crippen molar-refractivity contribution in [3.8, 4) is 0 Å². The van der Waals surface area contributed by atoms with E-state index in [1.807, 2.05) is 13.8 Å². The monoisotopic (exact) mass is 287 g/mol. The number of hydrogen-bond acceptors (Lipinski definition) is 5. The first-order valence-electron chi connectivity index (χ1n) is 6.70. The fourth-order valence-corrected chi connectivity index (χ4v) is 3.48. The van der Waals surface area contributed by atoms with E-state index in [1.165, 1.54) is 10.6 Å². The van der Waals surface area contributed by atoms with Crippen molar-refractivity contribution in [3.63, 3.8) is 0 Å². The third-order valence-electron chi connectivity index (χ3n) is 3.38. The van der Waals surface area contributed by atoms with Crippen LogP contribution in [0.3, 0.4) is 0 Å². The van der Waals surface area contributed by atoms with Gasteiger partial charge in [0.15, 0.2) is 5.82 Å². The van der Waals surface area contributed by atoms with Gasteiger partial charge in [0, 0.05) is 12.5 Å². The van der Waals surface area contributed by atoms with Gasteiger partial charge >= 0.3 is 0 Å². The summed E-state index contributed by atoms with van der Waals surface area (Å²) in [5, 5.41) is 3.97. The zero-order valence-electron chi connectivity index (χ0n) is 11.7. The predicted molar refractivity (Wildman–Crippen MR) is 71.1 cm³/mol. The number of nitrogens with zero attached hydrogens (tertiary/aromatic N) is 3. The maximum absolute atomic E-state index is 11.9. The second-order valence-electron chi connectivity index (χ2n) is 5.38. The second kappa shape index (κ2) is 5.58. The molecule has 0 N–H and O–H groups in total. The lowest BCUT2D eigenvalue weighted by Gasteiger charge is -2.24. The van der Waals surface area contributed by atoms with Gasteiger partial charge in [-0.25, -0.2) is 8.42 Å². The van der Waals surface area contributed by atoms with Crippen molar-refractivity contribution in [2.24, 2.45) is 0 Å². The second-order valence-corrected chi connectivity index (χ2v) is 7.32. The first kappa shape index (κ1) is 14.5. The predicted octanol–water partition coefficient (Wildman–Crippen LogP) is 2.07. The van der Waals surface area contributed by atoms with Crippen molar-refractivity contribution in [1.29, 1.82) is 0 Å². The molecule has 108 valence electrons. The highest BCUT2D eigenvalue weighted by Gasteiger charge is 2.32. The maximum Gasteiger partial charge on any atom is 0.229 e. The lowest BCUT2D eigenvalue weighted by molar-refractivity contribution is 0.302. The summed E-state index contributed by atoms with van der Waals surface area (Å²) in [6, 6.07) is -0.284. The zero-order valence-corrected chi connectivity index (χ0v) is 12.5. The molecule has 1 atom stereocenters. The molecule has 0 saturated carbocycles. The van der Waals surface area contributed by atoms with Gasteiger partial charge in [0.2, 0.25) is 15.9 Å². The molecule has 0 radical (unpaired) electrons. The van der Waals surface area contributed by atoms with Crippen LogP contribution in [-0.2, 0) is 10.0 Å². The molecule has 2 rings (SSSR count). The summed E-state index contributed by atoms with van der Waals surface area (Å²) in [7, 11) is -3.25. The van der Waals surface area contributed by atoms with Gasteiger partial charge in [0.05, 0.1) is 12.3 Å². The van der Waals surface area contributed by atoms with E-state index in [0.29, 0.717) is 18.3 Å². The molecule has 19 heavy (non-hydrogen) atoms. The third-order valence-corrected chi connectivity index (χ3v) is 4.67. The maximum atomic E-state index is 11.9. The molecule has 0 bridgehead atoms.